The number of nitrogens with zero attached hydrogens (tertiary/aromatic N) is 2. The molecule has 3 amide bonds. The van der Waals surface area contributed by atoms with Crippen molar-refractivity contribution in [3.05, 3.63) is 92.9 Å². The van der Waals surface area contributed by atoms with Crippen molar-refractivity contribution in [1.29, 1.82) is 0 Å². The zero-order valence-corrected chi connectivity index (χ0v) is 21.8. The zero-order chi connectivity index (χ0) is 25.1. The van der Waals surface area contributed by atoms with Crippen molar-refractivity contribution in [2.75, 3.05) is 10.2 Å². The van der Waals surface area contributed by atoms with Gasteiger partial charge in [0.1, 0.15) is 6.04 Å². The van der Waals surface area contributed by atoms with Crippen molar-refractivity contribution in [1.82, 2.24) is 10.4 Å². The Hall–Kier alpha value is -2.98. The van der Waals surface area contributed by atoms with Gasteiger partial charge in [0.25, 0.3) is 11.8 Å². The number of anilines is 2. The van der Waals surface area contributed by atoms with Crippen LogP contribution in [0.15, 0.2) is 77.3 Å². The number of hydrogen-bond acceptors (Lipinski definition) is 4. The van der Waals surface area contributed by atoms with Crippen molar-refractivity contribution in [3.63, 3.8) is 0 Å². The Labute approximate surface area is 225 Å². The second kappa shape index (κ2) is 10.7. The third-order valence-corrected chi connectivity index (χ3v) is 6.51. The lowest BCUT2D eigenvalue weighted by Gasteiger charge is -2.24. The largest absolute Gasteiger partial charge is 0.326 e. The number of nitrogens with one attached hydrogen (secondary N) is 2. The number of halogens is 3. The quantitative estimate of drug-likeness (QED) is 0.374. The van der Waals surface area contributed by atoms with Crippen LogP contribution >= 0.6 is 51.3 Å². The fourth-order valence-corrected chi connectivity index (χ4v) is 4.40. The minimum atomic E-state index is -1.07. The average molecular weight is 592 g/mol. The number of amides is 3. The Morgan fingerprint density at radius 2 is 1.66 bits per heavy atom. The Kier molecular flexibility index (Phi) is 7.71. The molecule has 0 bridgehead atoms. The molecule has 1 unspecified atom stereocenters. The van der Waals surface area contributed by atoms with E-state index >= 15 is 0 Å². The van der Waals surface area contributed by atoms with Gasteiger partial charge in [0.05, 0.1) is 12.1 Å². The summed E-state index contributed by atoms with van der Waals surface area (Å²) >= 11 is 20.9. The second-order valence-corrected chi connectivity index (χ2v) is 9.68. The first-order valence-electron chi connectivity index (χ1n) is 10.3. The highest BCUT2D eigenvalue weighted by molar-refractivity contribution is 9.10. The van der Waals surface area contributed by atoms with Gasteiger partial charge in [-0.05, 0) is 78.9 Å². The lowest BCUT2D eigenvalue weighted by molar-refractivity contribution is -0.124. The molecule has 2 N–H and O–H groups in total. The summed E-state index contributed by atoms with van der Waals surface area (Å²) < 4.78 is 0.811. The molecular weight excluding hydrogens is 575 g/mol. The fraction of sp³-hybridized carbons (Fsp3) is 0.0833. The van der Waals surface area contributed by atoms with Crippen LogP contribution in [0.5, 0.6) is 0 Å². The van der Waals surface area contributed by atoms with E-state index in [4.69, 9.17) is 35.4 Å². The minimum absolute atomic E-state index is 0.0309. The van der Waals surface area contributed by atoms with Gasteiger partial charge < -0.3 is 5.32 Å². The molecule has 178 valence electrons. The smallest absolute Gasteiger partial charge is 0.269 e. The molecule has 0 aromatic heterocycles. The van der Waals surface area contributed by atoms with Crippen LogP contribution in [-0.4, -0.2) is 33.9 Å². The molecule has 11 heteroatoms. The molecule has 3 aromatic carbocycles. The highest BCUT2D eigenvalue weighted by Gasteiger charge is 2.45. The first-order chi connectivity index (χ1) is 16.7. The normalized spacial score (nSPS) is 15.3. The van der Waals surface area contributed by atoms with Crippen LogP contribution in [0.25, 0.3) is 0 Å². The molecule has 0 saturated carbocycles. The number of carbonyl (C=O) groups is 3. The van der Waals surface area contributed by atoms with Gasteiger partial charge in [-0.25, -0.2) is 5.01 Å². The third-order valence-electron chi connectivity index (χ3n) is 5.11. The van der Waals surface area contributed by atoms with E-state index in [1.54, 1.807) is 72.8 Å². The summed E-state index contributed by atoms with van der Waals surface area (Å²) in [5.41, 5.74) is 3.98. The van der Waals surface area contributed by atoms with Crippen LogP contribution in [-0.2, 0) is 9.59 Å². The van der Waals surface area contributed by atoms with Gasteiger partial charge in [0, 0.05) is 25.8 Å². The van der Waals surface area contributed by atoms with Crippen LogP contribution in [0.3, 0.4) is 0 Å². The molecule has 1 fully saturated rings. The fourth-order valence-electron chi connectivity index (χ4n) is 3.46. The predicted octanol–water partition coefficient (Wildman–Crippen LogP) is 5.43. The van der Waals surface area contributed by atoms with Crippen molar-refractivity contribution < 1.29 is 14.4 Å². The Morgan fingerprint density at radius 1 is 0.971 bits per heavy atom. The van der Waals surface area contributed by atoms with Crippen molar-refractivity contribution in [2.24, 2.45) is 0 Å². The molecule has 35 heavy (non-hydrogen) atoms. The maximum absolute atomic E-state index is 13.4. The summed E-state index contributed by atoms with van der Waals surface area (Å²) in [6.07, 6.45) is -0.268. The van der Waals surface area contributed by atoms with Crippen molar-refractivity contribution >= 4 is 85.6 Å². The topological polar surface area (TPSA) is 81.8 Å². The second-order valence-electron chi connectivity index (χ2n) is 7.53. The van der Waals surface area contributed by atoms with E-state index in [-0.39, 0.29) is 11.5 Å². The van der Waals surface area contributed by atoms with Gasteiger partial charge >= 0.3 is 0 Å². The maximum Gasteiger partial charge on any atom is 0.269 e. The molecule has 1 aliphatic heterocycles. The molecule has 4 rings (SSSR count). The first-order valence-corrected chi connectivity index (χ1v) is 12.2. The summed E-state index contributed by atoms with van der Waals surface area (Å²) in [5.74, 6) is -1.39. The third kappa shape index (κ3) is 5.82. The maximum atomic E-state index is 13.4. The summed E-state index contributed by atoms with van der Waals surface area (Å²) in [4.78, 5) is 40.4. The number of rotatable bonds is 6. The molecule has 0 spiro atoms. The first kappa shape index (κ1) is 25.1. The number of hydrazine groups is 1. The molecule has 3 aromatic rings. The monoisotopic (exact) mass is 590 g/mol. The van der Waals surface area contributed by atoms with Crippen molar-refractivity contribution in [3.8, 4) is 0 Å². The summed E-state index contributed by atoms with van der Waals surface area (Å²) in [6, 6.07) is 18.8. The van der Waals surface area contributed by atoms with Crippen LogP contribution in [0, 0.1) is 0 Å². The Bertz CT molecular complexity index is 1300. The van der Waals surface area contributed by atoms with Crippen molar-refractivity contribution in [2.45, 2.75) is 12.5 Å². The number of hydrogen-bond donors (Lipinski definition) is 2. The predicted molar refractivity (Wildman–Crippen MR) is 143 cm³/mol. The van der Waals surface area contributed by atoms with Crippen LogP contribution < -0.4 is 15.6 Å². The molecule has 1 heterocycles. The van der Waals surface area contributed by atoms with Gasteiger partial charge in [-0.15, -0.1) is 0 Å². The van der Waals surface area contributed by atoms with Crippen LogP contribution in [0.1, 0.15) is 16.8 Å². The van der Waals surface area contributed by atoms with E-state index in [0.29, 0.717) is 27.0 Å². The van der Waals surface area contributed by atoms with E-state index in [2.05, 4.69) is 26.7 Å². The molecular formula is C24H17BrCl2N4O3S. The van der Waals surface area contributed by atoms with Gasteiger partial charge in [-0.2, -0.15) is 0 Å². The van der Waals surface area contributed by atoms with E-state index in [1.807, 2.05) is 0 Å². The Morgan fingerprint density at radius 3 is 2.31 bits per heavy atom. The molecule has 0 radical (unpaired) electrons. The van der Waals surface area contributed by atoms with Gasteiger partial charge in [0.15, 0.2) is 0 Å². The molecule has 1 atom stereocenters. The highest BCUT2D eigenvalue weighted by Crippen LogP contribution is 2.28. The number of benzene rings is 3. The molecule has 1 aliphatic rings. The van der Waals surface area contributed by atoms with E-state index in [1.165, 1.54) is 9.91 Å². The van der Waals surface area contributed by atoms with E-state index in [9.17, 15) is 14.4 Å². The SMILES string of the molecule is O=C(CC1C(=O)N(c2ccc(Cl)cc2)C(=S)N1NC(=O)c1ccc(Br)cc1)Nc1cccc(Cl)c1. The van der Waals surface area contributed by atoms with Gasteiger partial charge in [-0.3, -0.25) is 24.7 Å². The summed E-state index contributed by atoms with van der Waals surface area (Å²) in [6.45, 7) is 0. The van der Waals surface area contributed by atoms with E-state index < -0.39 is 23.8 Å². The highest BCUT2D eigenvalue weighted by atomic mass is 79.9. The van der Waals surface area contributed by atoms with E-state index in [0.717, 1.165) is 4.47 Å². The number of thiocarbonyl (C=S) groups is 1. The lowest BCUT2D eigenvalue weighted by atomic mass is 10.1. The zero-order valence-electron chi connectivity index (χ0n) is 17.9. The lowest BCUT2D eigenvalue weighted by Crippen LogP contribution is -2.49. The molecule has 1 saturated heterocycles. The summed E-state index contributed by atoms with van der Waals surface area (Å²) in [7, 11) is 0. The van der Waals surface area contributed by atoms with Gasteiger partial charge in [0.2, 0.25) is 11.0 Å². The standard InChI is InChI=1S/C24H17BrCl2N4O3S/c25-15-6-4-14(5-7-15)22(33)29-31-20(13-21(32)28-18-3-1-2-17(27)12-18)23(34)30(24(31)35)19-10-8-16(26)9-11-19/h1-12,20H,13H2,(H,28,32)(H,29,33). The minimum Gasteiger partial charge on any atom is -0.326 e. The summed E-state index contributed by atoms with van der Waals surface area (Å²) in [5, 5.41) is 4.94. The van der Waals surface area contributed by atoms with Crippen LogP contribution in [0.2, 0.25) is 10.0 Å². The average Bonchev–Trinajstić information content (AvgIpc) is 3.04. The number of carbonyl (C=O) groups excluding carboxylic acids is 3. The van der Waals surface area contributed by atoms with Gasteiger partial charge in [-0.1, -0.05) is 45.2 Å². The Balaban J connectivity index is 1.60. The molecule has 7 nitrogen and oxygen atoms in total. The van der Waals surface area contributed by atoms with Crippen LogP contribution in [0.4, 0.5) is 11.4 Å². The molecule has 0 aliphatic carbocycles.